The first-order valence-corrected chi connectivity index (χ1v) is 7.89. The molecule has 1 aromatic carbocycles. The minimum absolute atomic E-state index is 0.0310. The van der Waals surface area contributed by atoms with Gasteiger partial charge in [0.2, 0.25) is 15.9 Å². The second kappa shape index (κ2) is 4.72. The summed E-state index contributed by atoms with van der Waals surface area (Å²) in [5.41, 5.74) is 0.828. The van der Waals surface area contributed by atoms with Crippen LogP contribution in [0, 0.1) is 5.92 Å². The van der Waals surface area contributed by atoms with Gasteiger partial charge < -0.3 is 0 Å². The maximum Gasteiger partial charge on any atom is 0.237 e. The summed E-state index contributed by atoms with van der Waals surface area (Å²) >= 11 is 11.8. The molecule has 1 aliphatic rings. The molecule has 18 heavy (non-hydrogen) atoms. The zero-order valence-corrected chi connectivity index (χ0v) is 11.8. The molecule has 0 bridgehead atoms. The van der Waals surface area contributed by atoms with E-state index in [1.165, 1.54) is 0 Å². The summed E-state index contributed by atoms with van der Waals surface area (Å²) < 4.78 is 23.9. The SMILES string of the molecule is CS(=O)(=O)NC(=O)C1CC1c1ccc(Cl)cc1Cl. The fourth-order valence-electron chi connectivity index (χ4n) is 1.89. The third-order valence-corrected chi connectivity index (χ3v) is 3.91. The zero-order chi connectivity index (χ0) is 13.5. The predicted molar refractivity (Wildman–Crippen MR) is 70.3 cm³/mol. The highest BCUT2D eigenvalue weighted by atomic mass is 35.5. The minimum atomic E-state index is -3.50. The molecule has 0 aromatic heterocycles. The number of amides is 1. The molecule has 1 amide bonds. The summed E-state index contributed by atoms with van der Waals surface area (Å²) in [7, 11) is -3.50. The van der Waals surface area contributed by atoms with Crippen molar-refractivity contribution in [2.24, 2.45) is 5.92 Å². The van der Waals surface area contributed by atoms with E-state index in [9.17, 15) is 13.2 Å². The van der Waals surface area contributed by atoms with Crippen LogP contribution in [0.4, 0.5) is 0 Å². The number of carbonyl (C=O) groups excluding carboxylic acids is 1. The van der Waals surface area contributed by atoms with Gasteiger partial charge in [-0.2, -0.15) is 0 Å². The lowest BCUT2D eigenvalue weighted by molar-refractivity contribution is -0.120. The molecule has 2 rings (SSSR count). The second-order valence-electron chi connectivity index (χ2n) is 4.35. The highest BCUT2D eigenvalue weighted by Gasteiger charge is 2.45. The van der Waals surface area contributed by atoms with E-state index in [1.54, 1.807) is 18.2 Å². The van der Waals surface area contributed by atoms with Crippen LogP contribution < -0.4 is 4.72 Å². The van der Waals surface area contributed by atoms with Gasteiger partial charge in [-0.1, -0.05) is 29.3 Å². The Hall–Kier alpha value is -0.780. The summed E-state index contributed by atoms with van der Waals surface area (Å²) in [6.45, 7) is 0. The smallest absolute Gasteiger partial charge is 0.237 e. The monoisotopic (exact) mass is 307 g/mol. The van der Waals surface area contributed by atoms with E-state index in [0.29, 0.717) is 16.5 Å². The van der Waals surface area contributed by atoms with Crippen molar-refractivity contribution in [3.05, 3.63) is 33.8 Å². The predicted octanol–water partition coefficient (Wildman–Crippen LogP) is 2.17. The van der Waals surface area contributed by atoms with Gasteiger partial charge in [0, 0.05) is 16.0 Å². The maximum atomic E-state index is 11.6. The fourth-order valence-corrected chi connectivity index (χ4v) is 2.95. The molecule has 1 saturated carbocycles. The van der Waals surface area contributed by atoms with Gasteiger partial charge >= 0.3 is 0 Å². The largest absolute Gasteiger partial charge is 0.274 e. The van der Waals surface area contributed by atoms with Crippen LogP contribution in [0.25, 0.3) is 0 Å². The molecule has 2 atom stereocenters. The normalized spacial score (nSPS) is 22.6. The Morgan fingerprint density at radius 1 is 1.39 bits per heavy atom. The highest BCUT2D eigenvalue weighted by molar-refractivity contribution is 7.89. The van der Waals surface area contributed by atoms with E-state index < -0.39 is 15.9 Å². The standard InChI is InChI=1S/C11H11Cl2NO3S/c1-18(16,17)14-11(15)9-5-8(9)7-3-2-6(12)4-10(7)13/h2-4,8-9H,5H2,1H3,(H,14,15). The van der Waals surface area contributed by atoms with Crippen molar-refractivity contribution in [2.45, 2.75) is 12.3 Å². The Balaban J connectivity index is 2.09. The molecule has 0 saturated heterocycles. The zero-order valence-electron chi connectivity index (χ0n) is 9.48. The van der Waals surface area contributed by atoms with Crippen molar-refractivity contribution in [1.29, 1.82) is 0 Å². The number of rotatable bonds is 3. The fraction of sp³-hybridized carbons (Fsp3) is 0.364. The van der Waals surface area contributed by atoms with Gasteiger partial charge in [-0.05, 0) is 30.0 Å². The van der Waals surface area contributed by atoms with Gasteiger partial charge in [-0.3, -0.25) is 9.52 Å². The number of hydrogen-bond donors (Lipinski definition) is 1. The van der Waals surface area contributed by atoms with E-state index >= 15 is 0 Å². The minimum Gasteiger partial charge on any atom is -0.274 e. The number of nitrogens with one attached hydrogen (secondary N) is 1. The van der Waals surface area contributed by atoms with Crippen molar-refractivity contribution in [1.82, 2.24) is 4.72 Å². The molecule has 7 heteroatoms. The van der Waals surface area contributed by atoms with Crippen LogP contribution in [-0.2, 0) is 14.8 Å². The molecule has 0 aliphatic heterocycles. The molecular weight excluding hydrogens is 297 g/mol. The average Bonchev–Trinajstić information content (AvgIpc) is 2.94. The van der Waals surface area contributed by atoms with Crippen molar-refractivity contribution in [3.63, 3.8) is 0 Å². The molecule has 0 radical (unpaired) electrons. The molecule has 1 N–H and O–H groups in total. The quantitative estimate of drug-likeness (QED) is 0.931. The molecule has 4 nitrogen and oxygen atoms in total. The van der Waals surface area contributed by atoms with Gasteiger partial charge in [0.05, 0.1) is 6.26 Å². The van der Waals surface area contributed by atoms with Gasteiger partial charge in [-0.15, -0.1) is 0 Å². The summed E-state index contributed by atoms with van der Waals surface area (Å²) in [5.74, 6) is -0.844. The van der Waals surface area contributed by atoms with Crippen LogP contribution in [0.1, 0.15) is 17.9 Å². The lowest BCUT2D eigenvalue weighted by Gasteiger charge is -2.04. The lowest BCUT2D eigenvalue weighted by atomic mass is 10.1. The Labute approximate surface area is 115 Å². The first-order chi connectivity index (χ1) is 8.28. The van der Waals surface area contributed by atoms with Crippen molar-refractivity contribution in [3.8, 4) is 0 Å². The Morgan fingerprint density at radius 2 is 2.06 bits per heavy atom. The maximum absolute atomic E-state index is 11.6. The number of sulfonamides is 1. The molecule has 1 aliphatic carbocycles. The molecule has 0 spiro atoms. The number of hydrogen-bond acceptors (Lipinski definition) is 3. The van der Waals surface area contributed by atoms with Crippen molar-refractivity contribution in [2.75, 3.05) is 6.26 Å². The molecule has 1 fully saturated rings. The first kappa shape index (κ1) is 13.6. The summed E-state index contributed by atoms with van der Waals surface area (Å²) in [5, 5.41) is 1.03. The number of carbonyl (C=O) groups is 1. The highest BCUT2D eigenvalue weighted by Crippen LogP contribution is 2.50. The van der Waals surface area contributed by atoms with Crippen molar-refractivity contribution >= 4 is 39.1 Å². The van der Waals surface area contributed by atoms with Gasteiger partial charge in [-0.25, -0.2) is 8.42 Å². The molecule has 2 unspecified atom stereocenters. The molecular formula is C11H11Cl2NO3S. The summed E-state index contributed by atoms with van der Waals surface area (Å²) in [6, 6.07) is 5.08. The average molecular weight is 308 g/mol. The summed E-state index contributed by atoms with van der Waals surface area (Å²) in [4.78, 5) is 11.6. The topological polar surface area (TPSA) is 63.2 Å². The van der Waals surface area contributed by atoms with Crippen LogP contribution in [0.2, 0.25) is 10.0 Å². The second-order valence-corrected chi connectivity index (χ2v) is 6.95. The number of halogens is 2. The molecule has 0 heterocycles. The molecule has 98 valence electrons. The van der Waals surface area contributed by atoms with Crippen LogP contribution in [-0.4, -0.2) is 20.6 Å². The van der Waals surface area contributed by atoms with E-state index in [4.69, 9.17) is 23.2 Å². The van der Waals surface area contributed by atoms with E-state index in [0.717, 1.165) is 11.8 Å². The van der Waals surface area contributed by atoms with E-state index in [-0.39, 0.29) is 11.8 Å². The number of benzene rings is 1. The third kappa shape index (κ3) is 3.16. The van der Waals surface area contributed by atoms with E-state index in [2.05, 4.69) is 0 Å². The van der Waals surface area contributed by atoms with Gasteiger partial charge in [0.15, 0.2) is 0 Å². The van der Waals surface area contributed by atoms with Crippen LogP contribution in [0.15, 0.2) is 18.2 Å². The van der Waals surface area contributed by atoms with E-state index in [1.807, 2.05) is 4.72 Å². The van der Waals surface area contributed by atoms with Crippen LogP contribution in [0.5, 0.6) is 0 Å². The Kier molecular flexibility index (Phi) is 3.58. The van der Waals surface area contributed by atoms with Crippen LogP contribution >= 0.6 is 23.2 Å². The lowest BCUT2D eigenvalue weighted by Crippen LogP contribution is -2.30. The summed E-state index contributed by atoms with van der Waals surface area (Å²) in [6.07, 6.45) is 1.56. The Bertz CT molecular complexity index is 600. The van der Waals surface area contributed by atoms with Gasteiger partial charge in [0.1, 0.15) is 0 Å². The van der Waals surface area contributed by atoms with Gasteiger partial charge in [0.25, 0.3) is 0 Å². The first-order valence-electron chi connectivity index (χ1n) is 5.24. The third-order valence-electron chi connectivity index (χ3n) is 2.78. The van der Waals surface area contributed by atoms with Crippen LogP contribution in [0.3, 0.4) is 0 Å². The molecule has 1 aromatic rings. The van der Waals surface area contributed by atoms with Crippen molar-refractivity contribution < 1.29 is 13.2 Å². The Morgan fingerprint density at radius 3 is 2.61 bits per heavy atom.